The Morgan fingerprint density at radius 3 is 2.53 bits per heavy atom. The van der Waals surface area contributed by atoms with Gasteiger partial charge < -0.3 is 14.8 Å². The van der Waals surface area contributed by atoms with Crippen LogP contribution in [0.15, 0.2) is 24.3 Å². The molecule has 0 aliphatic heterocycles. The lowest BCUT2D eigenvalue weighted by Crippen LogP contribution is -2.24. The van der Waals surface area contributed by atoms with Crippen LogP contribution in [0.25, 0.3) is 0 Å². The molecule has 0 amide bonds. The Labute approximate surface area is 117 Å². The lowest BCUT2D eigenvalue weighted by atomic mass is 10.1. The third-order valence-corrected chi connectivity index (χ3v) is 3.14. The first-order valence-corrected chi connectivity index (χ1v) is 7.09. The molecule has 0 spiro atoms. The smallest absolute Gasteiger partial charge is 0.123 e. The van der Waals surface area contributed by atoms with E-state index >= 15 is 0 Å². The van der Waals surface area contributed by atoms with Gasteiger partial charge in [0.2, 0.25) is 0 Å². The molecule has 1 rings (SSSR count). The van der Waals surface area contributed by atoms with Gasteiger partial charge in [-0.25, -0.2) is 0 Å². The van der Waals surface area contributed by atoms with Crippen molar-refractivity contribution in [3.05, 3.63) is 29.8 Å². The highest BCUT2D eigenvalue weighted by atomic mass is 16.5. The molecule has 0 saturated carbocycles. The maximum atomic E-state index is 5.59. The molecule has 19 heavy (non-hydrogen) atoms. The summed E-state index contributed by atoms with van der Waals surface area (Å²) in [5.41, 5.74) is 1.19. The molecule has 3 nitrogen and oxygen atoms in total. The fourth-order valence-electron chi connectivity index (χ4n) is 1.90. The number of hydrogen-bond acceptors (Lipinski definition) is 3. The van der Waals surface area contributed by atoms with Gasteiger partial charge in [0, 0.05) is 24.8 Å². The van der Waals surface area contributed by atoms with Crippen molar-refractivity contribution >= 4 is 0 Å². The van der Waals surface area contributed by atoms with E-state index in [1.807, 2.05) is 18.2 Å². The molecule has 0 saturated heterocycles. The van der Waals surface area contributed by atoms with E-state index < -0.39 is 0 Å². The zero-order valence-electron chi connectivity index (χ0n) is 12.6. The molecule has 0 aliphatic rings. The predicted octanol–water partition coefficient (Wildman–Crippen LogP) is 3.41. The maximum absolute atomic E-state index is 5.59. The fraction of sp³-hybridized carbons (Fsp3) is 0.625. The number of hydrogen-bond donors (Lipinski definition) is 1. The van der Waals surface area contributed by atoms with Crippen LogP contribution >= 0.6 is 0 Å². The van der Waals surface area contributed by atoms with E-state index in [1.54, 1.807) is 7.11 Å². The van der Waals surface area contributed by atoms with Gasteiger partial charge in [-0.1, -0.05) is 32.0 Å². The zero-order chi connectivity index (χ0) is 14.1. The first kappa shape index (κ1) is 16.0. The van der Waals surface area contributed by atoms with E-state index in [2.05, 4.69) is 32.2 Å². The lowest BCUT2D eigenvalue weighted by Gasteiger charge is -2.17. The first-order chi connectivity index (χ1) is 9.15. The molecule has 0 fully saturated rings. The summed E-state index contributed by atoms with van der Waals surface area (Å²) in [4.78, 5) is 0. The molecular formula is C16H27NO2. The van der Waals surface area contributed by atoms with Crippen LogP contribution in [0.1, 0.15) is 38.8 Å². The van der Waals surface area contributed by atoms with Crippen LogP contribution in [-0.4, -0.2) is 26.9 Å². The third-order valence-electron chi connectivity index (χ3n) is 3.14. The molecule has 108 valence electrons. The van der Waals surface area contributed by atoms with Gasteiger partial charge in [0.15, 0.2) is 0 Å². The van der Waals surface area contributed by atoms with E-state index in [4.69, 9.17) is 9.47 Å². The first-order valence-electron chi connectivity index (χ1n) is 7.09. The summed E-state index contributed by atoms with van der Waals surface area (Å²) in [6, 6.07) is 8.38. The van der Waals surface area contributed by atoms with Crippen LogP contribution in [0.3, 0.4) is 0 Å². The average Bonchev–Trinajstić information content (AvgIpc) is 2.42. The summed E-state index contributed by atoms with van der Waals surface area (Å²) in [6.45, 7) is 9.04. The van der Waals surface area contributed by atoms with Crippen molar-refractivity contribution in [2.75, 3.05) is 26.9 Å². The van der Waals surface area contributed by atoms with Gasteiger partial charge in [0.25, 0.3) is 0 Å². The normalized spacial score (nSPS) is 12.7. The van der Waals surface area contributed by atoms with Crippen LogP contribution in [0.5, 0.6) is 5.75 Å². The minimum absolute atomic E-state index is 0.268. The van der Waals surface area contributed by atoms with Gasteiger partial charge in [-0.05, 0) is 25.3 Å². The largest absolute Gasteiger partial charge is 0.496 e. The highest BCUT2D eigenvalue weighted by Gasteiger charge is 2.09. The van der Waals surface area contributed by atoms with E-state index in [1.165, 1.54) is 5.56 Å². The second kappa shape index (κ2) is 8.94. The standard InChI is InChI=1S/C16H27NO2/c1-13(2)9-11-19-12-10-17-14(3)15-7-5-6-8-16(15)18-4/h5-8,13-14,17H,9-12H2,1-4H3. The van der Waals surface area contributed by atoms with E-state index in [0.717, 1.165) is 31.9 Å². The van der Waals surface area contributed by atoms with Crippen molar-refractivity contribution in [1.82, 2.24) is 5.32 Å². The van der Waals surface area contributed by atoms with Crippen LogP contribution in [0.2, 0.25) is 0 Å². The van der Waals surface area contributed by atoms with Crippen LogP contribution in [-0.2, 0) is 4.74 Å². The molecule has 0 heterocycles. The number of ether oxygens (including phenoxy) is 2. The van der Waals surface area contributed by atoms with Crippen molar-refractivity contribution in [3.63, 3.8) is 0 Å². The molecule has 1 aromatic rings. The van der Waals surface area contributed by atoms with Crippen molar-refractivity contribution in [2.45, 2.75) is 33.2 Å². The molecule has 3 heteroatoms. The zero-order valence-corrected chi connectivity index (χ0v) is 12.6. The Balaban J connectivity index is 2.25. The molecule has 1 N–H and O–H groups in total. The monoisotopic (exact) mass is 265 g/mol. The highest BCUT2D eigenvalue weighted by molar-refractivity contribution is 5.35. The Morgan fingerprint density at radius 2 is 1.84 bits per heavy atom. The molecule has 0 bridgehead atoms. The Hall–Kier alpha value is -1.06. The summed E-state index contributed by atoms with van der Waals surface area (Å²) in [5, 5.41) is 3.46. The summed E-state index contributed by atoms with van der Waals surface area (Å²) < 4.78 is 11.0. The number of rotatable bonds is 9. The van der Waals surface area contributed by atoms with Gasteiger partial charge >= 0.3 is 0 Å². The third kappa shape index (κ3) is 6.08. The SMILES string of the molecule is COc1ccccc1C(C)NCCOCCC(C)C. The fourth-order valence-corrected chi connectivity index (χ4v) is 1.90. The summed E-state index contributed by atoms with van der Waals surface area (Å²) in [6.07, 6.45) is 1.13. The van der Waals surface area contributed by atoms with Crippen molar-refractivity contribution < 1.29 is 9.47 Å². The molecule has 0 aliphatic carbocycles. The summed E-state index contributed by atoms with van der Waals surface area (Å²) in [5.74, 6) is 1.64. The number of para-hydroxylation sites is 1. The van der Waals surface area contributed by atoms with Crippen molar-refractivity contribution in [1.29, 1.82) is 0 Å². The lowest BCUT2D eigenvalue weighted by molar-refractivity contribution is 0.123. The van der Waals surface area contributed by atoms with E-state index in [-0.39, 0.29) is 6.04 Å². The second-order valence-electron chi connectivity index (χ2n) is 5.21. The van der Waals surface area contributed by atoms with E-state index in [0.29, 0.717) is 5.92 Å². The predicted molar refractivity (Wildman–Crippen MR) is 79.7 cm³/mol. The Bertz CT molecular complexity index is 352. The Kier molecular flexibility index (Phi) is 7.53. The quantitative estimate of drug-likeness (QED) is 0.694. The van der Waals surface area contributed by atoms with Crippen LogP contribution in [0, 0.1) is 5.92 Å². The summed E-state index contributed by atoms with van der Waals surface area (Å²) in [7, 11) is 1.71. The molecule has 1 aromatic carbocycles. The van der Waals surface area contributed by atoms with Gasteiger partial charge in [-0.2, -0.15) is 0 Å². The highest BCUT2D eigenvalue weighted by Crippen LogP contribution is 2.23. The molecular weight excluding hydrogens is 238 g/mol. The molecule has 1 atom stereocenters. The number of nitrogens with one attached hydrogen (secondary N) is 1. The van der Waals surface area contributed by atoms with Gasteiger partial charge in [0.05, 0.1) is 13.7 Å². The van der Waals surface area contributed by atoms with E-state index in [9.17, 15) is 0 Å². The van der Waals surface area contributed by atoms with Crippen LogP contribution in [0.4, 0.5) is 0 Å². The van der Waals surface area contributed by atoms with Gasteiger partial charge in [0.1, 0.15) is 5.75 Å². The minimum Gasteiger partial charge on any atom is -0.496 e. The molecule has 1 unspecified atom stereocenters. The average molecular weight is 265 g/mol. The van der Waals surface area contributed by atoms with Crippen LogP contribution < -0.4 is 10.1 Å². The molecule has 0 radical (unpaired) electrons. The topological polar surface area (TPSA) is 30.5 Å². The molecule has 0 aromatic heterocycles. The minimum atomic E-state index is 0.268. The van der Waals surface area contributed by atoms with Gasteiger partial charge in [-0.15, -0.1) is 0 Å². The number of benzene rings is 1. The van der Waals surface area contributed by atoms with Crippen molar-refractivity contribution in [3.8, 4) is 5.75 Å². The maximum Gasteiger partial charge on any atom is 0.123 e. The number of methoxy groups -OCH3 is 1. The second-order valence-corrected chi connectivity index (χ2v) is 5.21. The van der Waals surface area contributed by atoms with Crippen molar-refractivity contribution in [2.24, 2.45) is 5.92 Å². The van der Waals surface area contributed by atoms with Gasteiger partial charge in [-0.3, -0.25) is 0 Å². The Morgan fingerprint density at radius 1 is 1.11 bits per heavy atom. The summed E-state index contributed by atoms with van der Waals surface area (Å²) >= 11 is 0.